The summed E-state index contributed by atoms with van der Waals surface area (Å²) < 4.78 is 1.31. The summed E-state index contributed by atoms with van der Waals surface area (Å²) >= 11 is 0. The van der Waals surface area contributed by atoms with Gasteiger partial charge in [-0.25, -0.2) is 0 Å². The highest BCUT2D eigenvalue weighted by atomic mass is 16.2. The zero-order valence-electron chi connectivity index (χ0n) is 17.1. The average molecular weight is 396 g/mol. The van der Waals surface area contributed by atoms with Crippen molar-refractivity contribution in [3.05, 3.63) is 70.1 Å². The van der Waals surface area contributed by atoms with Gasteiger partial charge in [-0.2, -0.15) is 0 Å². The molecule has 0 spiro atoms. The molecule has 3 rings (SSSR count). The molecule has 6 nitrogen and oxygen atoms in total. The fraction of sp³-hybridized carbons (Fsp3) is 0.435. The number of pyridine rings is 1. The number of benzene rings is 1. The molecule has 0 radical (unpaired) electrons. The Morgan fingerprint density at radius 2 is 1.83 bits per heavy atom. The van der Waals surface area contributed by atoms with E-state index in [1.807, 2.05) is 30.3 Å². The zero-order chi connectivity index (χ0) is 20.8. The lowest BCUT2D eigenvalue weighted by atomic mass is 10.0. The van der Waals surface area contributed by atoms with Crippen molar-refractivity contribution in [1.29, 1.82) is 0 Å². The highest BCUT2D eigenvalue weighted by Gasteiger charge is 2.19. The molecule has 0 saturated heterocycles. The number of amides is 2. The Bertz CT molecular complexity index is 901. The third kappa shape index (κ3) is 5.56. The number of rotatable bonds is 7. The minimum absolute atomic E-state index is 0.0689. The fourth-order valence-corrected chi connectivity index (χ4v) is 3.88. The topological polar surface area (TPSA) is 71.4 Å². The van der Waals surface area contributed by atoms with Crippen LogP contribution in [0.1, 0.15) is 54.4 Å². The van der Waals surface area contributed by atoms with Gasteiger partial charge in [0.1, 0.15) is 6.54 Å². The molecule has 1 N–H and O–H groups in total. The van der Waals surface area contributed by atoms with Crippen molar-refractivity contribution in [2.45, 2.75) is 51.1 Å². The van der Waals surface area contributed by atoms with Crippen molar-refractivity contribution in [2.24, 2.45) is 0 Å². The van der Waals surface area contributed by atoms with Crippen molar-refractivity contribution in [3.8, 4) is 0 Å². The molecule has 1 aliphatic carbocycles. The summed E-state index contributed by atoms with van der Waals surface area (Å²) in [4.78, 5) is 38.9. The molecule has 1 heterocycles. The molecule has 2 aromatic rings. The van der Waals surface area contributed by atoms with E-state index < -0.39 is 0 Å². The summed E-state index contributed by atoms with van der Waals surface area (Å²) in [6.07, 6.45) is 5.72. The molecule has 154 valence electrons. The molecule has 6 heteroatoms. The van der Waals surface area contributed by atoms with E-state index in [1.165, 1.54) is 28.5 Å². The zero-order valence-corrected chi connectivity index (χ0v) is 17.1. The first kappa shape index (κ1) is 20.8. The number of carbonyl (C=O) groups excluding carboxylic acids is 2. The first-order valence-electron chi connectivity index (χ1n) is 10.2. The first-order chi connectivity index (χ1) is 13.9. The van der Waals surface area contributed by atoms with Gasteiger partial charge < -0.3 is 14.8 Å². The second-order valence-corrected chi connectivity index (χ2v) is 7.93. The van der Waals surface area contributed by atoms with E-state index in [0.717, 1.165) is 25.7 Å². The Morgan fingerprint density at radius 3 is 2.52 bits per heavy atom. The predicted molar refractivity (Wildman–Crippen MR) is 113 cm³/mol. The Morgan fingerprint density at radius 1 is 1.14 bits per heavy atom. The summed E-state index contributed by atoms with van der Waals surface area (Å²) in [5, 5.41) is 2.98. The molecule has 1 fully saturated rings. The van der Waals surface area contributed by atoms with Gasteiger partial charge >= 0.3 is 0 Å². The van der Waals surface area contributed by atoms with Gasteiger partial charge in [0.05, 0.1) is 5.56 Å². The molecule has 1 aliphatic rings. The number of likely N-dealkylation sites (N-methyl/N-ethyl adjacent to an activating group) is 1. The molecule has 0 aliphatic heterocycles. The Labute approximate surface area is 171 Å². The maximum Gasteiger partial charge on any atom is 0.255 e. The van der Waals surface area contributed by atoms with Crippen LogP contribution < -0.4 is 10.9 Å². The van der Waals surface area contributed by atoms with Crippen LogP contribution in [0.25, 0.3) is 0 Å². The van der Waals surface area contributed by atoms with Gasteiger partial charge in [-0.05, 0) is 30.4 Å². The highest BCUT2D eigenvalue weighted by Crippen LogP contribution is 2.18. The summed E-state index contributed by atoms with van der Waals surface area (Å²) in [6.45, 7) is 2.57. The number of nitrogens with zero attached hydrogens (tertiary/aromatic N) is 2. The minimum Gasteiger partial charge on any atom is -0.352 e. The van der Waals surface area contributed by atoms with Gasteiger partial charge in [0.2, 0.25) is 5.91 Å². The highest BCUT2D eigenvalue weighted by molar-refractivity contribution is 5.93. The van der Waals surface area contributed by atoms with Crippen LogP contribution in [0.5, 0.6) is 0 Å². The van der Waals surface area contributed by atoms with Crippen LogP contribution in [-0.2, 0) is 11.3 Å². The van der Waals surface area contributed by atoms with E-state index in [2.05, 4.69) is 12.2 Å². The molecule has 0 bridgehead atoms. The maximum absolute atomic E-state index is 12.8. The summed E-state index contributed by atoms with van der Waals surface area (Å²) in [6, 6.07) is 13.1. The number of carbonyl (C=O) groups is 2. The fourth-order valence-electron chi connectivity index (χ4n) is 3.88. The quantitative estimate of drug-likeness (QED) is 0.784. The van der Waals surface area contributed by atoms with Crippen LogP contribution in [0.15, 0.2) is 53.5 Å². The molecule has 0 unspecified atom stereocenters. The van der Waals surface area contributed by atoms with Crippen LogP contribution in [-0.4, -0.2) is 40.9 Å². The largest absolute Gasteiger partial charge is 0.352 e. The number of hydrogen-bond acceptors (Lipinski definition) is 3. The van der Waals surface area contributed by atoms with Crippen LogP contribution in [0, 0.1) is 0 Å². The molecule has 1 aromatic heterocycles. The van der Waals surface area contributed by atoms with E-state index in [9.17, 15) is 14.4 Å². The van der Waals surface area contributed by atoms with E-state index in [0.29, 0.717) is 12.1 Å². The summed E-state index contributed by atoms with van der Waals surface area (Å²) in [7, 11) is 1.75. The Hall–Kier alpha value is -2.89. The molecular formula is C23H29N3O3. The lowest BCUT2D eigenvalue weighted by Crippen LogP contribution is -2.38. The number of nitrogens with one attached hydrogen (secondary N) is 1. The van der Waals surface area contributed by atoms with Crippen LogP contribution in [0.3, 0.4) is 0 Å². The van der Waals surface area contributed by atoms with E-state index in [1.54, 1.807) is 11.9 Å². The van der Waals surface area contributed by atoms with Crippen molar-refractivity contribution in [1.82, 2.24) is 14.8 Å². The number of hydrogen-bond donors (Lipinski definition) is 1. The molecule has 1 aromatic carbocycles. The van der Waals surface area contributed by atoms with Crippen LogP contribution >= 0.6 is 0 Å². The number of aromatic nitrogens is 1. The van der Waals surface area contributed by atoms with Crippen molar-refractivity contribution < 1.29 is 9.59 Å². The standard InChI is InChI=1S/C23H29N3O3/c1-17(18-8-4-3-5-9-18)14-25(2)23(29)19-12-13-22(28)26(15-19)16-21(27)24-20-10-6-7-11-20/h3-5,8-9,12-13,15,17,20H,6-7,10-11,14,16H2,1-2H3,(H,24,27)/t17-/m1/s1. The van der Waals surface area contributed by atoms with E-state index >= 15 is 0 Å². The average Bonchev–Trinajstić information content (AvgIpc) is 3.22. The van der Waals surface area contributed by atoms with Gasteiger partial charge in [0.25, 0.3) is 11.5 Å². The lowest BCUT2D eigenvalue weighted by Gasteiger charge is -2.22. The molecule has 2 amide bonds. The second kappa shape index (κ2) is 9.54. The van der Waals surface area contributed by atoms with Crippen molar-refractivity contribution in [3.63, 3.8) is 0 Å². The van der Waals surface area contributed by atoms with Gasteiger partial charge in [-0.1, -0.05) is 50.1 Å². The van der Waals surface area contributed by atoms with Crippen LogP contribution in [0.2, 0.25) is 0 Å². The van der Waals surface area contributed by atoms with Crippen molar-refractivity contribution in [2.75, 3.05) is 13.6 Å². The van der Waals surface area contributed by atoms with E-state index in [4.69, 9.17) is 0 Å². The second-order valence-electron chi connectivity index (χ2n) is 7.93. The molecule has 1 atom stereocenters. The van der Waals surface area contributed by atoms with Crippen molar-refractivity contribution >= 4 is 11.8 Å². The summed E-state index contributed by atoms with van der Waals surface area (Å²) in [5.74, 6) is -0.166. The third-order valence-corrected chi connectivity index (χ3v) is 5.53. The van der Waals surface area contributed by atoms with Gasteiger partial charge in [-0.15, -0.1) is 0 Å². The Balaban J connectivity index is 1.65. The van der Waals surface area contributed by atoms with E-state index in [-0.39, 0.29) is 35.9 Å². The molecular weight excluding hydrogens is 366 g/mol. The Kier molecular flexibility index (Phi) is 6.86. The monoisotopic (exact) mass is 395 g/mol. The predicted octanol–water partition coefficient (Wildman–Crippen LogP) is 2.78. The van der Waals surface area contributed by atoms with Gasteiger partial charge in [0.15, 0.2) is 0 Å². The van der Waals surface area contributed by atoms with Gasteiger partial charge in [-0.3, -0.25) is 14.4 Å². The normalized spacial score (nSPS) is 15.1. The third-order valence-electron chi connectivity index (χ3n) is 5.53. The van der Waals surface area contributed by atoms with Crippen LogP contribution in [0.4, 0.5) is 0 Å². The SMILES string of the molecule is C[C@H](CN(C)C(=O)c1ccc(=O)n(CC(=O)NC2CCCC2)c1)c1ccccc1. The first-order valence-corrected chi connectivity index (χ1v) is 10.2. The summed E-state index contributed by atoms with van der Waals surface area (Å²) in [5.41, 5.74) is 1.28. The lowest BCUT2D eigenvalue weighted by molar-refractivity contribution is -0.122. The minimum atomic E-state index is -0.288. The molecule has 1 saturated carbocycles. The smallest absolute Gasteiger partial charge is 0.255 e. The van der Waals surface area contributed by atoms with Gasteiger partial charge in [0, 0.05) is 31.9 Å². The maximum atomic E-state index is 12.8. The molecule has 29 heavy (non-hydrogen) atoms.